The van der Waals surface area contributed by atoms with Crippen LogP contribution in [0.15, 0.2) is 0 Å². The second-order valence-corrected chi connectivity index (χ2v) is 4.03. The van der Waals surface area contributed by atoms with Crippen LogP contribution in [0.1, 0.15) is 10.7 Å². The van der Waals surface area contributed by atoms with Crippen molar-refractivity contribution in [1.82, 2.24) is 14.6 Å². The van der Waals surface area contributed by atoms with Gasteiger partial charge in [-0.1, -0.05) is 22.9 Å². The van der Waals surface area contributed by atoms with E-state index in [-0.39, 0.29) is 6.61 Å². The first kappa shape index (κ1) is 9.85. The van der Waals surface area contributed by atoms with Crippen LogP contribution in [0.2, 0.25) is 5.15 Å². The molecule has 0 atom stereocenters. The third-order valence-electron chi connectivity index (χ3n) is 1.67. The minimum absolute atomic E-state index is 0.172. The Labute approximate surface area is 88.9 Å². The summed E-state index contributed by atoms with van der Waals surface area (Å²) in [4.78, 5) is 4.79. The quantitative estimate of drug-likeness (QED) is 0.862. The number of aromatic nitrogens is 3. The topological polar surface area (TPSA) is 59.7 Å². The monoisotopic (exact) mass is 233 g/mol. The molecule has 0 aliphatic heterocycles. The largest absolute Gasteiger partial charge is 0.390 e. The summed E-state index contributed by atoms with van der Waals surface area (Å²) in [5.74, 6) is 0. The first-order valence-corrected chi connectivity index (χ1v) is 5.08. The van der Waals surface area contributed by atoms with Crippen LogP contribution >= 0.6 is 22.9 Å². The number of nitrogens with zero attached hydrogens (tertiary/aromatic N) is 3. The van der Waals surface area contributed by atoms with E-state index in [1.54, 1.807) is 7.11 Å². The summed E-state index contributed by atoms with van der Waals surface area (Å²) >= 11 is 7.31. The number of imidazole rings is 1. The number of rotatable bonds is 3. The number of ether oxygens (including phenoxy) is 1. The molecule has 2 rings (SSSR count). The van der Waals surface area contributed by atoms with E-state index in [1.807, 2.05) is 0 Å². The lowest BCUT2D eigenvalue weighted by atomic mass is 10.5. The summed E-state index contributed by atoms with van der Waals surface area (Å²) in [6.07, 6.45) is 0. The average molecular weight is 234 g/mol. The molecule has 5 nitrogen and oxygen atoms in total. The molecule has 0 aliphatic rings. The number of methoxy groups -OCH3 is 1. The van der Waals surface area contributed by atoms with Gasteiger partial charge in [0.2, 0.25) is 4.96 Å². The van der Waals surface area contributed by atoms with Gasteiger partial charge in [-0.15, -0.1) is 0 Å². The van der Waals surface area contributed by atoms with Gasteiger partial charge in [0.05, 0.1) is 13.2 Å². The predicted octanol–water partition coefficient (Wildman–Crippen LogP) is 1.08. The highest BCUT2D eigenvalue weighted by atomic mass is 35.5. The average Bonchev–Trinajstić information content (AvgIpc) is 2.67. The first-order valence-electron chi connectivity index (χ1n) is 3.89. The van der Waals surface area contributed by atoms with Crippen LogP contribution in [-0.4, -0.2) is 26.8 Å². The molecular formula is C7H8ClN3O2S. The molecule has 0 bridgehead atoms. The summed E-state index contributed by atoms with van der Waals surface area (Å²) in [5.41, 5.74) is 0.453. The van der Waals surface area contributed by atoms with Crippen molar-refractivity contribution in [3.63, 3.8) is 0 Å². The van der Waals surface area contributed by atoms with E-state index < -0.39 is 0 Å². The van der Waals surface area contributed by atoms with Crippen LogP contribution in [0, 0.1) is 0 Å². The maximum absolute atomic E-state index is 8.90. The van der Waals surface area contributed by atoms with Crippen molar-refractivity contribution in [1.29, 1.82) is 0 Å². The lowest BCUT2D eigenvalue weighted by Gasteiger charge is -1.91. The molecule has 14 heavy (non-hydrogen) atoms. The van der Waals surface area contributed by atoms with Gasteiger partial charge >= 0.3 is 0 Å². The third kappa shape index (κ3) is 1.50. The molecule has 0 aromatic carbocycles. The normalized spacial score (nSPS) is 11.4. The van der Waals surface area contributed by atoms with Crippen molar-refractivity contribution in [3.8, 4) is 0 Å². The predicted molar refractivity (Wildman–Crippen MR) is 52.5 cm³/mol. The molecule has 0 radical (unpaired) electrons. The van der Waals surface area contributed by atoms with E-state index in [9.17, 15) is 0 Å². The Balaban J connectivity index is 2.48. The molecule has 0 aliphatic carbocycles. The zero-order chi connectivity index (χ0) is 10.1. The molecule has 0 saturated heterocycles. The molecule has 0 saturated carbocycles. The maximum Gasteiger partial charge on any atom is 0.213 e. The molecular weight excluding hydrogens is 226 g/mol. The Morgan fingerprint density at radius 2 is 2.43 bits per heavy atom. The minimum atomic E-state index is -0.172. The van der Waals surface area contributed by atoms with Crippen LogP contribution < -0.4 is 0 Å². The van der Waals surface area contributed by atoms with E-state index >= 15 is 0 Å². The number of fused-ring (bicyclic) bond motifs is 1. The van der Waals surface area contributed by atoms with Gasteiger partial charge in [-0.05, 0) is 0 Å². The molecule has 76 valence electrons. The summed E-state index contributed by atoms with van der Waals surface area (Å²) < 4.78 is 6.44. The Morgan fingerprint density at radius 1 is 1.64 bits per heavy atom. The van der Waals surface area contributed by atoms with Gasteiger partial charge < -0.3 is 9.84 Å². The number of halogens is 1. The van der Waals surface area contributed by atoms with Crippen LogP contribution in [0.25, 0.3) is 4.96 Å². The zero-order valence-corrected chi connectivity index (χ0v) is 8.97. The van der Waals surface area contributed by atoms with E-state index in [0.717, 1.165) is 5.01 Å². The molecule has 2 aromatic heterocycles. The Kier molecular flexibility index (Phi) is 2.69. The fourth-order valence-electron chi connectivity index (χ4n) is 1.09. The Hall–Kier alpha value is -0.690. The molecule has 0 fully saturated rings. The third-order valence-corrected chi connectivity index (χ3v) is 2.93. The lowest BCUT2D eigenvalue weighted by Crippen LogP contribution is -1.91. The van der Waals surface area contributed by atoms with Gasteiger partial charge in [0, 0.05) is 7.11 Å². The van der Waals surface area contributed by atoms with Crippen molar-refractivity contribution in [2.24, 2.45) is 0 Å². The summed E-state index contributed by atoms with van der Waals surface area (Å²) in [5, 5.41) is 14.2. The van der Waals surface area contributed by atoms with Crippen LogP contribution in [0.4, 0.5) is 0 Å². The molecule has 0 amide bonds. The number of hydrogen-bond donors (Lipinski definition) is 1. The van der Waals surface area contributed by atoms with E-state index in [0.29, 0.717) is 22.4 Å². The van der Waals surface area contributed by atoms with Crippen molar-refractivity contribution in [3.05, 3.63) is 15.9 Å². The molecule has 7 heteroatoms. The van der Waals surface area contributed by atoms with Gasteiger partial charge in [-0.2, -0.15) is 9.61 Å². The van der Waals surface area contributed by atoms with Gasteiger partial charge in [0.25, 0.3) is 0 Å². The molecule has 2 heterocycles. The second-order valence-electron chi connectivity index (χ2n) is 2.63. The van der Waals surface area contributed by atoms with Crippen LogP contribution in [0.5, 0.6) is 0 Å². The maximum atomic E-state index is 8.90. The Morgan fingerprint density at radius 3 is 3.00 bits per heavy atom. The van der Waals surface area contributed by atoms with E-state index in [2.05, 4.69) is 10.1 Å². The van der Waals surface area contributed by atoms with Crippen LogP contribution in [0.3, 0.4) is 0 Å². The molecule has 1 N–H and O–H groups in total. The van der Waals surface area contributed by atoms with Gasteiger partial charge in [-0.25, -0.2) is 4.98 Å². The molecule has 0 unspecified atom stereocenters. The fourth-order valence-corrected chi connectivity index (χ4v) is 2.24. The van der Waals surface area contributed by atoms with Crippen molar-refractivity contribution < 1.29 is 9.84 Å². The SMILES string of the molecule is COCc1nn2c(Cl)c(CO)nc2s1. The molecule has 2 aromatic rings. The number of hydrogen-bond acceptors (Lipinski definition) is 5. The summed E-state index contributed by atoms with van der Waals surface area (Å²) in [6.45, 7) is 0.271. The van der Waals surface area contributed by atoms with Gasteiger partial charge in [0.1, 0.15) is 10.7 Å². The highest BCUT2D eigenvalue weighted by Gasteiger charge is 2.13. The number of aliphatic hydroxyl groups is 1. The zero-order valence-electron chi connectivity index (χ0n) is 7.40. The van der Waals surface area contributed by atoms with Crippen molar-refractivity contribution >= 4 is 27.9 Å². The minimum Gasteiger partial charge on any atom is -0.390 e. The fraction of sp³-hybridized carbons (Fsp3) is 0.429. The van der Waals surface area contributed by atoms with Crippen molar-refractivity contribution in [2.45, 2.75) is 13.2 Å². The lowest BCUT2D eigenvalue weighted by molar-refractivity contribution is 0.183. The summed E-state index contributed by atoms with van der Waals surface area (Å²) in [7, 11) is 1.60. The van der Waals surface area contributed by atoms with E-state index in [4.69, 9.17) is 21.4 Å². The molecule has 0 spiro atoms. The first-order chi connectivity index (χ1) is 6.76. The van der Waals surface area contributed by atoms with Crippen molar-refractivity contribution in [2.75, 3.05) is 7.11 Å². The second kappa shape index (κ2) is 3.82. The van der Waals surface area contributed by atoms with E-state index in [1.165, 1.54) is 15.9 Å². The highest BCUT2D eigenvalue weighted by molar-refractivity contribution is 7.16. The standard InChI is InChI=1S/C7H8ClN3O2S/c1-13-3-5-10-11-6(8)4(2-12)9-7(11)14-5/h12H,2-3H2,1H3. The van der Waals surface area contributed by atoms with Gasteiger partial charge in [-0.3, -0.25) is 0 Å². The summed E-state index contributed by atoms with van der Waals surface area (Å²) in [6, 6.07) is 0. The Bertz CT molecular complexity index is 453. The highest BCUT2D eigenvalue weighted by Crippen LogP contribution is 2.22. The number of aliphatic hydroxyl groups excluding tert-OH is 1. The van der Waals surface area contributed by atoms with Gasteiger partial charge in [0.15, 0.2) is 5.15 Å². The van der Waals surface area contributed by atoms with Crippen LogP contribution in [-0.2, 0) is 18.0 Å². The smallest absolute Gasteiger partial charge is 0.213 e.